The van der Waals surface area contributed by atoms with E-state index in [2.05, 4.69) is 89.5 Å². The summed E-state index contributed by atoms with van der Waals surface area (Å²) >= 11 is 0. The van der Waals surface area contributed by atoms with Crippen molar-refractivity contribution in [2.45, 2.75) is 12.8 Å². The highest BCUT2D eigenvalue weighted by Crippen LogP contribution is 2.40. The zero-order valence-corrected chi connectivity index (χ0v) is 26.0. The van der Waals surface area contributed by atoms with Crippen LogP contribution in [-0.2, 0) is 6.42 Å². The number of nitrogens with zero attached hydrogens (tertiary/aromatic N) is 4. The number of rotatable bonds is 4. The predicted molar refractivity (Wildman–Crippen MR) is 195 cm³/mol. The van der Waals surface area contributed by atoms with E-state index in [4.69, 9.17) is 19.4 Å². The second-order valence-corrected chi connectivity index (χ2v) is 12.3. The Hall–Kier alpha value is -6.33. The van der Waals surface area contributed by atoms with E-state index in [1.165, 1.54) is 32.9 Å². The highest BCUT2D eigenvalue weighted by molar-refractivity contribution is 6.12. The second-order valence-electron chi connectivity index (χ2n) is 12.3. The maximum Gasteiger partial charge on any atom is 0.164 e. The summed E-state index contributed by atoms with van der Waals surface area (Å²) in [5, 5.41) is 6.03. The van der Waals surface area contributed by atoms with Gasteiger partial charge < -0.3 is 8.98 Å². The van der Waals surface area contributed by atoms with E-state index < -0.39 is 0 Å². The number of benzene rings is 6. The smallest absolute Gasteiger partial charge is 0.164 e. The van der Waals surface area contributed by atoms with Crippen LogP contribution in [0.1, 0.15) is 17.7 Å². The van der Waals surface area contributed by atoms with Crippen LogP contribution in [0.3, 0.4) is 0 Å². The first-order chi connectivity index (χ1) is 23.8. The molecule has 0 bridgehead atoms. The average Bonchev–Trinajstić information content (AvgIpc) is 3.70. The lowest BCUT2D eigenvalue weighted by atomic mass is 9.98. The minimum atomic E-state index is 0.608. The summed E-state index contributed by atoms with van der Waals surface area (Å²) in [6.45, 7) is 0. The number of aromatic nitrogens is 4. The molecule has 3 aromatic heterocycles. The Bertz CT molecular complexity index is 2660. The van der Waals surface area contributed by atoms with Crippen molar-refractivity contribution >= 4 is 49.7 Å². The van der Waals surface area contributed by atoms with Gasteiger partial charge in [0, 0.05) is 49.8 Å². The Morgan fingerprint density at radius 3 is 2.02 bits per heavy atom. The Morgan fingerprint density at radius 1 is 0.542 bits per heavy atom. The van der Waals surface area contributed by atoms with Crippen molar-refractivity contribution < 1.29 is 4.42 Å². The molecule has 0 amide bonds. The first kappa shape index (κ1) is 26.8. The Kier molecular flexibility index (Phi) is 5.93. The van der Waals surface area contributed by atoms with E-state index in [-0.39, 0.29) is 0 Å². The summed E-state index contributed by atoms with van der Waals surface area (Å²) < 4.78 is 8.94. The summed E-state index contributed by atoms with van der Waals surface area (Å²) in [5.74, 6) is 1.88. The Morgan fingerprint density at radius 2 is 1.25 bits per heavy atom. The van der Waals surface area contributed by atoms with Crippen molar-refractivity contribution in [3.8, 4) is 39.9 Å². The zero-order chi connectivity index (χ0) is 31.6. The summed E-state index contributed by atoms with van der Waals surface area (Å²) in [5.41, 5.74) is 9.48. The van der Waals surface area contributed by atoms with Gasteiger partial charge in [-0.05, 0) is 60.0 Å². The topological polar surface area (TPSA) is 56.7 Å². The Balaban J connectivity index is 1.13. The fourth-order valence-corrected chi connectivity index (χ4v) is 7.26. The van der Waals surface area contributed by atoms with Crippen molar-refractivity contribution in [2.24, 2.45) is 0 Å². The molecule has 0 N–H and O–H groups in total. The van der Waals surface area contributed by atoms with Crippen LogP contribution in [0.2, 0.25) is 0 Å². The summed E-state index contributed by atoms with van der Waals surface area (Å²) in [4.78, 5) is 14.7. The third-order valence-corrected chi connectivity index (χ3v) is 9.50. The molecule has 0 atom stereocenters. The molecule has 10 rings (SSSR count). The van der Waals surface area contributed by atoms with Crippen molar-refractivity contribution in [1.82, 2.24) is 19.5 Å². The van der Waals surface area contributed by atoms with Gasteiger partial charge in [-0.15, -0.1) is 0 Å². The van der Waals surface area contributed by atoms with Gasteiger partial charge in [-0.25, -0.2) is 15.0 Å². The lowest BCUT2D eigenvalue weighted by Gasteiger charge is -2.13. The van der Waals surface area contributed by atoms with Crippen LogP contribution in [-0.4, -0.2) is 19.5 Å². The minimum absolute atomic E-state index is 0.608. The van der Waals surface area contributed by atoms with E-state index >= 15 is 0 Å². The highest BCUT2D eigenvalue weighted by Gasteiger charge is 2.21. The molecule has 0 spiro atoms. The molecular formula is C43H28N4O. The molecule has 226 valence electrons. The maximum absolute atomic E-state index is 6.48. The molecule has 48 heavy (non-hydrogen) atoms. The standard InChI is InChI=1S/C43H28N4O/c1-3-12-28(13-4-1)41-44-42(29-14-5-2-6-15-29)46-43(45-41)30-19-22-33-35-26-31(21-24-38(35)48-39(33)25-30)47-36-18-10-9-17-34(36)40-32-16-8-7-11-27(32)20-23-37(40)47/h1-9,11-17,19-26H,10,18H2. The fraction of sp³-hybridized carbons (Fsp3) is 0.0465. The van der Waals surface area contributed by atoms with Crippen LogP contribution < -0.4 is 0 Å². The fourth-order valence-electron chi connectivity index (χ4n) is 7.26. The molecule has 0 saturated heterocycles. The van der Waals surface area contributed by atoms with Crippen molar-refractivity contribution in [1.29, 1.82) is 0 Å². The van der Waals surface area contributed by atoms with Gasteiger partial charge in [-0.2, -0.15) is 0 Å². The van der Waals surface area contributed by atoms with Gasteiger partial charge in [-0.3, -0.25) is 0 Å². The monoisotopic (exact) mass is 616 g/mol. The van der Waals surface area contributed by atoms with Crippen LogP contribution in [0.25, 0.3) is 89.5 Å². The quantitative estimate of drug-likeness (QED) is 0.197. The van der Waals surface area contributed by atoms with Crippen LogP contribution in [0, 0.1) is 0 Å². The molecule has 0 unspecified atom stereocenters. The van der Waals surface area contributed by atoms with Gasteiger partial charge in [0.2, 0.25) is 0 Å². The Labute approximate surface area is 276 Å². The van der Waals surface area contributed by atoms with Crippen molar-refractivity contribution in [2.75, 3.05) is 0 Å². The molecule has 3 heterocycles. The average molecular weight is 617 g/mol. The summed E-state index contributed by atoms with van der Waals surface area (Å²) in [6.07, 6.45) is 6.65. The number of hydrogen-bond acceptors (Lipinski definition) is 4. The van der Waals surface area contributed by atoms with Gasteiger partial charge in [0.05, 0.1) is 5.52 Å². The zero-order valence-electron chi connectivity index (χ0n) is 26.0. The molecule has 6 aromatic carbocycles. The van der Waals surface area contributed by atoms with Crippen LogP contribution in [0.5, 0.6) is 0 Å². The number of allylic oxidation sites excluding steroid dienone is 1. The van der Waals surface area contributed by atoms with Gasteiger partial charge in [0.25, 0.3) is 0 Å². The molecule has 0 saturated carbocycles. The van der Waals surface area contributed by atoms with Gasteiger partial charge in [-0.1, -0.05) is 109 Å². The van der Waals surface area contributed by atoms with E-state index in [1.54, 1.807) is 0 Å². The SMILES string of the molecule is C1=Cc2c(n(-c3ccc4oc5cc(-c6nc(-c7ccccc7)nc(-c7ccccc7)n6)ccc5c4c3)c3ccc4ccccc4c23)CC1. The number of fused-ring (bicyclic) bond motifs is 8. The number of furan rings is 1. The van der Waals surface area contributed by atoms with Gasteiger partial charge in [0.15, 0.2) is 17.5 Å². The second kappa shape index (κ2) is 10.6. The van der Waals surface area contributed by atoms with Gasteiger partial charge >= 0.3 is 0 Å². The highest BCUT2D eigenvalue weighted by atomic mass is 16.3. The normalized spacial score (nSPS) is 12.8. The van der Waals surface area contributed by atoms with Crippen molar-refractivity contribution in [3.63, 3.8) is 0 Å². The van der Waals surface area contributed by atoms with Crippen LogP contribution >= 0.6 is 0 Å². The lowest BCUT2D eigenvalue weighted by Crippen LogP contribution is -2.02. The third-order valence-electron chi connectivity index (χ3n) is 9.50. The molecule has 9 aromatic rings. The first-order valence-corrected chi connectivity index (χ1v) is 16.3. The van der Waals surface area contributed by atoms with Crippen LogP contribution in [0.15, 0.2) is 144 Å². The molecule has 1 aliphatic rings. The molecule has 5 heteroatoms. The molecule has 5 nitrogen and oxygen atoms in total. The van der Waals surface area contributed by atoms with E-state index in [9.17, 15) is 0 Å². The van der Waals surface area contributed by atoms with E-state index in [1.807, 2.05) is 60.7 Å². The molecular weight excluding hydrogens is 589 g/mol. The molecule has 1 aliphatic carbocycles. The summed E-state index contributed by atoms with van der Waals surface area (Å²) in [6, 6.07) is 46.1. The van der Waals surface area contributed by atoms with Crippen molar-refractivity contribution in [3.05, 3.63) is 151 Å². The minimum Gasteiger partial charge on any atom is -0.456 e. The van der Waals surface area contributed by atoms with E-state index in [0.717, 1.165) is 57.2 Å². The molecule has 0 radical (unpaired) electrons. The lowest BCUT2D eigenvalue weighted by molar-refractivity contribution is 0.669. The summed E-state index contributed by atoms with van der Waals surface area (Å²) in [7, 11) is 0. The third kappa shape index (κ3) is 4.21. The van der Waals surface area contributed by atoms with Gasteiger partial charge in [0.1, 0.15) is 11.2 Å². The predicted octanol–water partition coefficient (Wildman–Crippen LogP) is 10.8. The molecule has 0 aliphatic heterocycles. The largest absolute Gasteiger partial charge is 0.456 e. The van der Waals surface area contributed by atoms with Crippen LogP contribution in [0.4, 0.5) is 0 Å². The number of hydrogen-bond donors (Lipinski definition) is 0. The maximum atomic E-state index is 6.48. The molecule has 0 fully saturated rings. The first-order valence-electron chi connectivity index (χ1n) is 16.3. The van der Waals surface area contributed by atoms with E-state index in [0.29, 0.717) is 17.5 Å².